The number of benzene rings is 1. The number of carbonyl (C=O) groups is 1. The molecule has 0 N–H and O–H groups in total. The van der Waals surface area contributed by atoms with E-state index in [2.05, 4.69) is 18.7 Å². The summed E-state index contributed by atoms with van der Waals surface area (Å²) in [5.74, 6) is 1.06. The minimum Gasteiger partial charge on any atom is -0.372 e. The SMILES string of the molecule is CCN(CC)c1ccc(C(=O)CN2C=CSC2)cc1.Cl. The molecule has 1 heterocycles. The Bertz CT molecular complexity index is 457. The highest BCUT2D eigenvalue weighted by atomic mass is 35.5. The van der Waals surface area contributed by atoms with Crippen molar-refractivity contribution in [3.8, 4) is 0 Å². The predicted octanol–water partition coefficient (Wildman–Crippen LogP) is 3.61. The van der Waals surface area contributed by atoms with E-state index in [1.54, 1.807) is 11.8 Å². The average molecular weight is 313 g/mol. The lowest BCUT2D eigenvalue weighted by molar-refractivity contribution is 0.0963. The van der Waals surface area contributed by atoms with Crippen LogP contribution in [0.25, 0.3) is 0 Å². The van der Waals surface area contributed by atoms with Crippen LogP contribution in [0.1, 0.15) is 24.2 Å². The Labute approximate surface area is 131 Å². The highest BCUT2D eigenvalue weighted by Crippen LogP contribution is 2.18. The van der Waals surface area contributed by atoms with Gasteiger partial charge in [0.05, 0.1) is 12.4 Å². The number of hydrogen-bond donors (Lipinski definition) is 0. The summed E-state index contributed by atoms with van der Waals surface area (Å²) in [5.41, 5.74) is 1.97. The number of anilines is 1. The predicted molar refractivity (Wildman–Crippen MR) is 89.9 cm³/mol. The van der Waals surface area contributed by atoms with Crippen molar-refractivity contribution >= 4 is 35.6 Å². The van der Waals surface area contributed by atoms with Crippen LogP contribution in [0.15, 0.2) is 35.9 Å². The van der Waals surface area contributed by atoms with Crippen LogP contribution in [0.2, 0.25) is 0 Å². The summed E-state index contributed by atoms with van der Waals surface area (Å²) >= 11 is 1.72. The molecule has 0 unspecified atom stereocenters. The third kappa shape index (κ3) is 4.18. The van der Waals surface area contributed by atoms with E-state index in [0.29, 0.717) is 6.54 Å². The summed E-state index contributed by atoms with van der Waals surface area (Å²) in [4.78, 5) is 16.4. The van der Waals surface area contributed by atoms with Crippen LogP contribution in [0.5, 0.6) is 0 Å². The van der Waals surface area contributed by atoms with Crippen LogP contribution < -0.4 is 4.90 Å². The quantitative estimate of drug-likeness (QED) is 0.749. The average Bonchev–Trinajstić information content (AvgIpc) is 2.94. The van der Waals surface area contributed by atoms with Crippen molar-refractivity contribution in [2.75, 3.05) is 30.4 Å². The van der Waals surface area contributed by atoms with E-state index in [4.69, 9.17) is 0 Å². The number of carbonyl (C=O) groups excluding carboxylic acids is 1. The van der Waals surface area contributed by atoms with Gasteiger partial charge in [-0.05, 0) is 43.5 Å². The van der Waals surface area contributed by atoms with Crippen LogP contribution in [-0.2, 0) is 0 Å². The first-order valence-corrected chi connectivity index (χ1v) is 7.70. The molecule has 0 aromatic heterocycles. The smallest absolute Gasteiger partial charge is 0.182 e. The van der Waals surface area contributed by atoms with E-state index in [9.17, 15) is 4.79 Å². The summed E-state index contributed by atoms with van der Waals surface area (Å²) < 4.78 is 0. The van der Waals surface area contributed by atoms with Gasteiger partial charge in [-0.3, -0.25) is 4.79 Å². The lowest BCUT2D eigenvalue weighted by Gasteiger charge is -2.21. The maximum atomic E-state index is 12.1. The molecule has 1 aliphatic heterocycles. The van der Waals surface area contributed by atoms with Crippen LogP contribution in [0.4, 0.5) is 5.69 Å². The number of Topliss-reactive ketones (excluding diaryl/α,β-unsaturated/α-hetero) is 1. The van der Waals surface area contributed by atoms with E-state index in [1.165, 1.54) is 5.69 Å². The first-order valence-electron chi connectivity index (χ1n) is 6.65. The van der Waals surface area contributed by atoms with Gasteiger partial charge in [-0.2, -0.15) is 0 Å². The zero-order chi connectivity index (χ0) is 13.7. The molecule has 5 heteroatoms. The largest absolute Gasteiger partial charge is 0.372 e. The second kappa shape index (κ2) is 8.22. The fourth-order valence-electron chi connectivity index (χ4n) is 2.13. The Morgan fingerprint density at radius 1 is 1.25 bits per heavy atom. The maximum Gasteiger partial charge on any atom is 0.182 e. The standard InChI is InChI=1S/C15H20N2OS.ClH/c1-3-17(4-2)14-7-5-13(6-8-14)15(18)11-16-9-10-19-12-16;/h5-10H,3-4,11-12H2,1-2H3;1H. The molecule has 0 aliphatic carbocycles. The van der Waals surface area contributed by atoms with Gasteiger partial charge >= 0.3 is 0 Å². The lowest BCUT2D eigenvalue weighted by atomic mass is 10.1. The number of ketones is 1. The highest BCUT2D eigenvalue weighted by Gasteiger charge is 2.12. The second-order valence-electron chi connectivity index (χ2n) is 4.47. The summed E-state index contributed by atoms with van der Waals surface area (Å²) in [6.45, 7) is 6.72. The molecule has 0 saturated heterocycles. The molecule has 0 spiro atoms. The maximum absolute atomic E-state index is 12.1. The Kier molecular flexibility index (Phi) is 6.96. The van der Waals surface area contributed by atoms with Crippen LogP contribution in [0.3, 0.4) is 0 Å². The van der Waals surface area contributed by atoms with Gasteiger partial charge in [-0.15, -0.1) is 24.2 Å². The van der Waals surface area contributed by atoms with Gasteiger partial charge in [-0.1, -0.05) is 0 Å². The Balaban J connectivity index is 0.00000200. The molecule has 0 amide bonds. The molecule has 0 saturated carbocycles. The number of rotatable bonds is 6. The first kappa shape index (κ1) is 16.9. The summed E-state index contributed by atoms with van der Waals surface area (Å²) in [5, 5.41) is 2.02. The van der Waals surface area contributed by atoms with Crippen molar-refractivity contribution < 1.29 is 4.79 Å². The molecular weight excluding hydrogens is 292 g/mol. The molecule has 2 rings (SSSR count). The molecule has 0 bridgehead atoms. The van der Waals surface area contributed by atoms with E-state index in [1.807, 2.05) is 40.8 Å². The van der Waals surface area contributed by atoms with E-state index in [0.717, 1.165) is 24.5 Å². The Morgan fingerprint density at radius 3 is 2.40 bits per heavy atom. The molecule has 1 aromatic carbocycles. The number of halogens is 1. The summed E-state index contributed by atoms with van der Waals surface area (Å²) in [7, 11) is 0. The lowest BCUT2D eigenvalue weighted by Crippen LogP contribution is -2.23. The summed E-state index contributed by atoms with van der Waals surface area (Å²) in [6, 6.07) is 7.94. The van der Waals surface area contributed by atoms with Crippen molar-refractivity contribution in [3.05, 3.63) is 41.4 Å². The normalized spacial score (nSPS) is 13.2. The molecule has 0 radical (unpaired) electrons. The third-order valence-corrected chi connectivity index (χ3v) is 4.07. The van der Waals surface area contributed by atoms with Crippen LogP contribution >= 0.6 is 24.2 Å². The number of thioether (sulfide) groups is 1. The van der Waals surface area contributed by atoms with Crippen molar-refractivity contribution in [2.45, 2.75) is 13.8 Å². The summed E-state index contributed by atoms with van der Waals surface area (Å²) in [6.07, 6.45) is 1.98. The topological polar surface area (TPSA) is 23.6 Å². The van der Waals surface area contributed by atoms with Gasteiger partial charge in [0.15, 0.2) is 5.78 Å². The first-order chi connectivity index (χ1) is 9.24. The highest BCUT2D eigenvalue weighted by molar-refractivity contribution is 8.02. The van der Waals surface area contributed by atoms with Crippen molar-refractivity contribution in [1.82, 2.24) is 4.90 Å². The van der Waals surface area contributed by atoms with Crippen LogP contribution in [0, 0.1) is 0 Å². The fraction of sp³-hybridized carbons (Fsp3) is 0.400. The molecule has 20 heavy (non-hydrogen) atoms. The number of nitrogens with zero attached hydrogens (tertiary/aromatic N) is 2. The minimum absolute atomic E-state index is 0. The van der Waals surface area contributed by atoms with Crippen molar-refractivity contribution in [1.29, 1.82) is 0 Å². The van der Waals surface area contributed by atoms with Gasteiger partial charge in [0, 0.05) is 30.5 Å². The second-order valence-corrected chi connectivity index (χ2v) is 5.33. The monoisotopic (exact) mass is 312 g/mol. The van der Waals surface area contributed by atoms with Crippen molar-refractivity contribution in [2.24, 2.45) is 0 Å². The zero-order valence-electron chi connectivity index (χ0n) is 11.9. The molecule has 1 aromatic rings. The minimum atomic E-state index is 0. The Hall–Kier alpha value is -1.13. The van der Waals surface area contributed by atoms with Gasteiger partial charge in [0.2, 0.25) is 0 Å². The van der Waals surface area contributed by atoms with E-state index < -0.39 is 0 Å². The fourth-order valence-corrected chi connectivity index (χ4v) is 2.84. The van der Waals surface area contributed by atoms with Gasteiger partial charge in [-0.25, -0.2) is 0 Å². The number of hydrogen-bond acceptors (Lipinski definition) is 4. The molecular formula is C15H21ClN2OS. The Morgan fingerprint density at radius 2 is 1.90 bits per heavy atom. The zero-order valence-corrected chi connectivity index (χ0v) is 13.5. The van der Waals surface area contributed by atoms with Gasteiger partial charge in [0.25, 0.3) is 0 Å². The molecule has 0 atom stereocenters. The van der Waals surface area contributed by atoms with Crippen LogP contribution in [-0.4, -0.2) is 36.2 Å². The molecule has 3 nitrogen and oxygen atoms in total. The van der Waals surface area contributed by atoms with Gasteiger partial charge < -0.3 is 9.80 Å². The molecule has 1 aliphatic rings. The molecule has 0 fully saturated rings. The molecule has 110 valence electrons. The van der Waals surface area contributed by atoms with E-state index >= 15 is 0 Å². The van der Waals surface area contributed by atoms with Crippen molar-refractivity contribution in [3.63, 3.8) is 0 Å². The third-order valence-electron chi connectivity index (χ3n) is 3.27. The van der Waals surface area contributed by atoms with Gasteiger partial charge in [0.1, 0.15) is 0 Å². The van der Waals surface area contributed by atoms with E-state index in [-0.39, 0.29) is 18.2 Å².